The summed E-state index contributed by atoms with van der Waals surface area (Å²) >= 11 is 0. The summed E-state index contributed by atoms with van der Waals surface area (Å²) in [7, 11) is 2.19. The average Bonchev–Trinajstić information content (AvgIpc) is 2.73. The standard InChI is InChI=1S/C24H34N2O3/c1-4-27-24-17-20(18-25-21-11-13-26(3)14-12-21)7-10-23(24)29-16-15-28-22-8-5-19(2)6-9-22/h5-10,17,21,25H,4,11-16,18H2,1-3H3. The number of piperidine rings is 1. The van der Waals surface area contributed by atoms with Gasteiger partial charge >= 0.3 is 0 Å². The highest BCUT2D eigenvalue weighted by molar-refractivity contribution is 5.43. The van der Waals surface area contributed by atoms with Crippen molar-refractivity contribution in [2.45, 2.75) is 39.3 Å². The Labute approximate surface area is 175 Å². The zero-order valence-corrected chi connectivity index (χ0v) is 17.9. The minimum Gasteiger partial charge on any atom is -0.490 e. The Balaban J connectivity index is 1.48. The van der Waals surface area contributed by atoms with Crippen LogP contribution >= 0.6 is 0 Å². The fourth-order valence-electron chi connectivity index (χ4n) is 3.47. The van der Waals surface area contributed by atoms with Crippen molar-refractivity contribution in [2.75, 3.05) is 40.0 Å². The largest absolute Gasteiger partial charge is 0.490 e. The van der Waals surface area contributed by atoms with Gasteiger partial charge in [-0.3, -0.25) is 0 Å². The van der Waals surface area contributed by atoms with E-state index in [4.69, 9.17) is 14.2 Å². The van der Waals surface area contributed by atoms with Crippen LogP contribution < -0.4 is 19.5 Å². The number of benzene rings is 2. The van der Waals surface area contributed by atoms with Gasteiger partial charge in [0.25, 0.3) is 0 Å². The summed E-state index contributed by atoms with van der Waals surface area (Å²) < 4.78 is 17.5. The Bertz CT molecular complexity index is 740. The molecule has 0 aliphatic carbocycles. The molecule has 0 unspecified atom stereocenters. The van der Waals surface area contributed by atoms with Crippen LogP contribution in [0.3, 0.4) is 0 Å². The molecule has 2 aromatic rings. The van der Waals surface area contributed by atoms with Crippen molar-refractivity contribution in [2.24, 2.45) is 0 Å². The second-order valence-electron chi connectivity index (χ2n) is 7.68. The van der Waals surface area contributed by atoms with Crippen molar-refractivity contribution in [3.8, 4) is 17.2 Å². The van der Waals surface area contributed by atoms with Crippen LogP contribution in [0, 0.1) is 6.92 Å². The van der Waals surface area contributed by atoms with Gasteiger partial charge in [0.2, 0.25) is 0 Å². The molecule has 0 spiro atoms. The molecular weight excluding hydrogens is 364 g/mol. The van der Waals surface area contributed by atoms with Crippen LogP contribution in [0.4, 0.5) is 0 Å². The predicted molar refractivity (Wildman–Crippen MR) is 117 cm³/mol. The van der Waals surface area contributed by atoms with Crippen LogP contribution in [0.5, 0.6) is 17.2 Å². The first-order chi connectivity index (χ1) is 14.1. The number of hydrogen-bond acceptors (Lipinski definition) is 5. The number of ether oxygens (including phenoxy) is 3. The number of hydrogen-bond donors (Lipinski definition) is 1. The van der Waals surface area contributed by atoms with Crippen LogP contribution in [-0.4, -0.2) is 50.9 Å². The topological polar surface area (TPSA) is 43.0 Å². The fourth-order valence-corrected chi connectivity index (χ4v) is 3.47. The van der Waals surface area contributed by atoms with E-state index in [9.17, 15) is 0 Å². The molecule has 1 fully saturated rings. The summed E-state index contributed by atoms with van der Waals surface area (Å²) in [4.78, 5) is 2.39. The summed E-state index contributed by atoms with van der Waals surface area (Å²) in [5.74, 6) is 2.42. The van der Waals surface area contributed by atoms with Gasteiger partial charge in [-0.25, -0.2) is 0 Å². The Morgan fingerprint density at radius 1 is 0.931 bits per heavy atom. The average molecular weight is 399 g/mol. The number of nitrogens with zero attached hydrogens (tertiary/aromatic N) is 1. The Kier molecular flexibility index (Phi) is 8.20. The predicted octanol–water partition coefficient (Wildman–Crippen LogP) is 4.04. The molecular formula is C24H34N2O3. The molecule has 1 aliphatic rings. The van der Waals surface area contributed by atoms with Crippen LogP contribution in [0.25, 0.3) is 0 Å². The van der Waals surface area contributed by atoms with Gasteiger partial charge in [0, 0.05) is 12.6 Å². The number of likely N-dealkylation sites (tertiary alicyclic amines) is 1. The quantitative estimate of drug-likeness (QED) is 0.612. The summed E-state index contributed by atoms with van der Waals surface area (Å²) in [5.41, 5.74) is 2.44. The molecule has 1 aliphatic heterocycles. The maximum atomic E-state index is 5.92. The van der Waals surface area contributed by atoms with Crippen molar-refractivity contribution in [3.63, 3.8) is 0 Å². The Morgan fingerprint density at radius 2 is 1.66 bits per heavy atom. The van der Waals surface area contributed by atoms with E-state index < -0.39 is 0 Å². The molecule has 0 radical (unpaired) electrons. The van der Waals surface area contributed by atoms with Crippen LogP contribution in [0.2, 0.25) is 0 Å². The minimum atomic E-state index is 0.473. The minimum absolute atomic E-state index is 0.473. The highest BCUT2D eigenvalue weighted by Crippen LogP contribution is 2.28. The first kappa shape index (κ1) is 21.5. The SMILES string of the molecule is CCOc1cc(CNC2CCN(C)CC2)ccc1OCCOc1ccc(C)cc1. The van der Waals surface area contributed by atoms with Gasteiger partial charge in [-0.05, 0) is 76.7 Å². The molecule has 1 heterocycles. The lowest BCUT2D eigenvalue weighted by Crippen LogP contribution is -2.40. The summed E-state index contributed by atoms with van der Waals surface area (Å²) in [6.45, 7) is 8.82. The Morgan fingerprint density at radius 3 is 2.38 bits per heavy atom. The third-order valence-electron chi connectivity index (χ3n) is 5.25. The van der Waals surface area contributed by atoms with Crippen molar-refractivity contribution in [1.29, 1.82) is 0 Å². The molecule has 1 saturated heterocycles. The van der Waals surface area contributed by atoms with E-state index in [1.165, 1.54) is 37.1 Å². The normalized spacial score (nSPS) is 15.3. The maximum Gasteiger partial charge on any atom is 0.161 e. The molecule has 5 heteroatoms. The molecule has 0 bridgehead atoms. The first-order valence-corrected chi connectivity index (χ1v) is 10.6. The van der Waals surface area contributed by atoms with E-state index >= 15 is 0 Å². The summed E-state index contributed by atoms with van der Waals surface area (Å²) in [6, 6.07) is 14.8. The number of aryl methyl sites for hydroxylation is 1. The van der Waals surface area contributed by atoms with Gasteiger partial charge in [-0.15, -0.1) is 0 Å². The van der Waals surface area contributed by atoms with Crippen molar-refractivity contribution < 1.29 is 14.2 Å². The molecule has 29 heavy (non-hydrogen) atoms. The molecule has 0 saturated carbocycles. The van der Waals surface area contributed by atoms with Gasteiger partial charge in [-0.2, -0.15) is 0 Å². The summed E-state index contributed by atoms with van der Waals surface area (Å²) in [6.07, 6.45) is 2.41. The zero-order valence-electron chi connectivity index (χ0n) is 17.9. The van der Waals surface area contributed by atoms with Gasteiger partial charge in [-0.1, -0.05) is 23.8 Å². The number of nitrogens with one attached hydrogen (secondary N) is 1. The highest BCUT2D eigenvalue weighted by Gasteiger charge is 2.16. The smallest absolute Gasteiger partial charge is 0.161 e. The molecule has 0 amide bonds. The van der Waals surface area contributed by atoms with E-state index in [-0.39, 0.29) is 0 Å². The van der Waals surface area contributed by atoms with E-state index in [2.05, 4.69) is 36.3 Å². The van der Waals surface area contributed by atoms with Gasteiger partial charge in [0.05, 0.1) is 6.61 Å². The molecule has 2 aromatic carbocycles. The first-order valence-electron chi connectivity index (χ1n) is 10.6. The van der Waals surface area contributed by atoms with Crippen LogP contribution in [0.1, 0.15) is 30.9 Å². The van der Waals surface area contributed by atoms with Crippen molar-refractivity contribution in [1.82, 2.24) is 10.2 Å². The molecule has 5 nitrogen and oxygen atoms in total. The van der Waals surface area contributed by atoms with Gasteiger partial charge in [0.15, 0.2) is 11.5 Å². The fraction of sp³-hybridized carbons (Fsp3) is 0.500. The van der Waals surface area contributed by atoms with Gasteiger partial charge in [0.1, 0.15) is 19.0 Å². The van der Waals surface area contributed by atoms with Crippen molar-refractivity contribution >= 4 is 0 Å². The lowest BCUT2D eigenvalue weighted by molar-refractivity contribution is 0.208. The third-order valence-corrected chi connectivity index (χ3v) is 5.25. The Hall–Kier alpha value is -2.24. The van der Waals surface area contributed by atoms with E-state index in [0.29, 0.717) is 25.9 Å². The second-order valence-corrected chi connectivity index (χ2v) is 7.68. The lowest BCUT2D eigenvalue weighted by Gasteiger charge is -2.29. The molecule has 0 atom stereocenters. The van der Waals surface area contributed by atoms with E-state index in [1.54, 1.807) is 0 Å². The van der Waals surface area contributed by atoms with Crippen LogP contribution in [0.15, 0.2) is 42.5 Å². The molecule has 158 valence electrons. The second kappa shape index (κ2) is 11.1. The van der Waals surface area contributed by atoms with Crippen LogP contribution in [-0.2, 0) is 6.54 Å². The monoisotopic (exact) mass is 398 g/mol. The number of rotatable bonds is 10. The zero-order chi connectivity index (χ0) is 20.5. The molecule has 1 N–H and O–H groups in total. The third kappa shape index (κ3) is 6.94. The van der Waals surface area contributed by atoms with E-state index in [0.717, 1.165) is 23.8 Å². The molecule has 3 rings (SSSR count). The lowest BCUT2D eigenvalue weighted by atomic mass is 10.1. The maximum absolute atomic E-state index is 5.92. The highest BCUT2D eigenvalue weighted by atomic mass is 16.5. The van der Waals surface area contributed by atoms with E-state index in [1.807, 2.05) is 37.3 Å². The van der Waals surface area contributed by atoms with Gasteiger partial charge < -0.3 is 24.4 Å². The molecule has 0 aromatic heterocycles. The summed E-state index contributed by atoms with van der Waals surface area (Å²) in [5, 5.41) is 3.68. The van der Waals surface area contributed by atoms with Crippen molar-refractivity contribution in [3.05, 3.63) is 53.6 Å².